The average Bonchev–Trinajstić information content (AvgIpc) is 2.90. The molecule has 0 spiro atoms. The van der Waals surface area contributed by atoms with Crippen molar-refractivity contribution >= 4 is 23.2 Å². The minimum atomic E-state index is 0.442. The summed E-state index contributed by atoms with van der Waals surface area (Å²) in [6.07, 6.45) is 3.37. The molecule has 8 nitrogen and oxygen atoms in total. The molecule has 4 aromatic rings. The fourth-order valence-corrected chi connectivity index (χ4v) is 4.48. The molecule has 2 heterocycles. The number of halogens is 2. The number of nitrogens with zero attached hydrogens (tertiary/aromatic N) is 4. The number of methoxy groups -OCH3 is 2. The van der Waals surface area contributed by atoms with Crippen molar-refractivity contribution in [2.24, 2.45) is 0 Å². The summed E-state index contributed by atoms with van der Waals surface area (Å²) < 4.78 is 10.9. The van der Waals surface area contributed by atoms with E-state index in [0.29, 0.717) is 57.7 Å². The van der Waals surface area contributed by atoms with Crippen LogP contribution in [0.2, 0.25) is 10.0 Å². The van der Waals surface area contributed by atoms with Crippen LogP contribution < -0.4 is 20.1 Å². The summed E-state index contributed by atoms with van der Waals surface area (Å²) in [6.45, 7) is 1.08. The SMILES string of the molecule is CNCc1ncc(-c2cccc(-c3cccc(-c4cnc(CNC)c(OC)n4)c3Cl)c2Cl)nc1OC. The molecule has 0 radical (unpaired) electrons. The zero-order chi connectivity index (χ0) is 25.7. The Hall–Kier alpha value is -3.30. The topological polar surface area (TPSA) is 94.1 Å². The molecule has 10 heteroatoms. The Bertz CT molecular complexity index is 1280. The number of hydrogen-bond donors (Lipinski definition) is 2. The van der Waals surface area contributed by atoms with Crippen LogP contribution in [0.25, 0.3) is 33.6 Å². The van der Waals surface area contributed by atoms with E-state index in [1.165, 1.54) is 0 Å². The van der Waals surface area contributed by atoms with Crippen LogP contribution in [0, 0.1) is 0 Å². The molecule has 186 valence electrons. The van der Waals surface area contributed by atoms with Gasteiger partial charge in [0, 0.05) is 35.3 Å². The van der Waals surface area contributed by atoms with E-state index >= 15 is 0 Å². The second-order valence-corrected chi connectivity index (χ2v) is 8.57. The van der Waals surface area contributed by atoms with Gasteiger partial charge in [-0.25, -0.2) is 9.97 Å². The van der Waals surface area contributed by atoms with Gasteiger partial charge in [-0.2, -0.15) is 0 Å². The molecule has 0 aliphatic heterocycles. The zero-order valence-electron chi connectivity index (χ0n) is 20.4. The summed E-state index contributed by atoms with van der Waals surface area (Å²) in [5.74, 6) is 0.884. The number of benzene rings is 2. The summed E-state index contributed by atoms with van der Waals surface area (Å²) in [5.41, 5.74) is 5.57. The molecule has 0 atom stereocenters. The van der Waals surface area contributed by atoms with Crippen molar-refractivity contribution in [2.75, 3.05) is 28.3 Å². The van der Waals surface area contributed by atoms with Gasteiger partial charge < -0.3 is 20.1 Å². The normalized spacial score (nSPS) is 10.9. The first-order chi connectivity index (χ1) is 17.5. The van der Waals surface area contributed by atoms with Crippen LogP contribution in [0.3, 0.4) is 0 Å². The van der Waals surface area contributed by atoms with Gasteiger partial charge in [0.25, 0.3) is 0 Å². The first kappa shape index (κ1) is 25.8. The molecule has 2 aromatic carbocycles. The largest absolute Gasteiger partial charge is 0.480 e. The number of hydrogen-bond acceptors (Lipinski definition) is 8. The summed E-state index contributed by atoms with van der Waals surface area (Å²) in [4.78, 5) is 18.3. The van der Waals surface area contributed by atoms with Gasteiger partial charge >= 0.3 is 0 Å². The van der Waals surface area contributed by atoms with E-state index in [1.54, 1.807) is 26.6 Å². The Morgan fingerprint density at radius 2 is 1.06 bits per heavy atom. The fraction of sp³-hybridized carbons (Fsp3) is 0.231. The third-order valence-corrected chi connectivity index (χ3v) is 6.35. The second kappa shape index (κ2) is 11.6. The number of nitrogens with one attached hydrogen (secondary N) is 2. The summed E-state index contributed by atoms with van der Waals surface area (Å²) in [7, 11) is 6.82. The van der Waals surface area contributed by atoms with Crippen LogP contribution in [0.4, 0.5) is 0 Å². The van der Waals surface area contributed by atoms with E-state index in [4.69, 9.17) is 32.7 Å². The molecule has 2 aromatic heterocycles. The van der Waals surface area contributed by atoms with Crippen LogP contribution in [0.15, 0.2) is 48.8 Å². The Kier molecular flexibility index (Phi) is 8.32. The van der Waals surface area contributed by atoms with E-state index in [2.05, 4.69) is 30.6 Å². The highest BCUT2D eigenvalue weighted by atomic mass is 35.5. The molecular weight excluding hydrogens is 499 g/mol. The third-order valence-electron chi connectivity index (χ3n) is 5.54. The fourth-order valence-electron chi connectivity index (χ4n) is 3.83. The highest BCUT2D eigenvalue weighted by molar-refractivity contribution is 6.39. The quantitative estimate of drug-likeness (QED) is 0.314. The maximum atomic E-state index is 6.91. The van der Waals surface area contributed by atoms with Crippen molar-refractivity contribution in [1.82, 2.24) is 30.6 Å². The van der Waals surface area contributed by atoms with Gasteiger partial charge in [0.1, 0.15) is 11.4 Å². The van der Waals surface area contributed by atoms with Crippen LogP contribution in [0.1, 0.15) is 11.4 Å². The van der Waals surface area contributed by atoms with Crippen LogP contribution in [0.5, 0.6) is 11.8 Å². The van der Waals surface area contributed by atoms with Crippen molar-refractivity contribution < 1.29 is 9.47 Å². The van der Waals surface area contributed by atoms with Crippen molar-refractivity contribution in [3.05, 3.63) is 70.2 Å². The standard InChI is InChI=1S/C26H26Cl2N6O2/c1-29-11-21-25(35-3)33-19(13-31-21)17-9-5-7-15(23(17)27)16-8-6-10-18(24(16)28)20-14-32-22(12-30-2)26(34-20)36-4/h5-10,13-14,29-30H,11-12H2,1-4H3. The first-order valence-electron chi connectivity index (χ1n) is 11.2. The smallest absolute Gasteiger partial charge is 0.237 e. The van der Waals surface area contributed by atoms with Crippen molar-refractivity contribution in [3.63, 3.8) is 0 Å². The van der Waals surface area contributed by atoms with Crippen LogP contribution in [-0.2, 0) is 13.1 Å². The third kappa shape index (κ3) is 5.12. The van der Waals surface area contributed by atoms with Gasteiger partial charge in [-0.1, -0.05) is 59.6 Å². The molecule has 0 unspecified atom stereocenters. The molecule has 0 aliphatic rings. The lowest BCUT2D eigenvalue weighted by molar-refractivity contribution is 0.388. The zero-order valence-corrected chi connectivity index (χ0v) is 21.9. The van der Waals surface area contributed by atoms with E-state index in [0.717, 1.165) is 22.3 Å². The lowest BCUT2D eigenvalue weighted by Gasteiger charge is -2.15. The van der Waals surface area contributed by atoms with Crippen LogP contribution >= 0.6 is 23.2 Å². The Labute approximate surface area is 220 Å². The molecule has 0 bridgehead atoms. The van der Waals surface area contributed by atoms with Gasteiger partial charge in [0.15, 0.2) is 0 Å². The van der Waals surface area contributed by atoms with Crippen molar-refractivity contribution in [2.45, 2.75) is 13.1 Å². The predicted octanol–water partition coefficient (Wildman–Crippen LogP) is 5.03. The van der Waals surface area contributed by atoms with Gasteiger partial charge in [-0.15, -0.1) is 0 Å². The molecule has 0 saturated carbocycles. The number of ether oxygens (including phenoxy) is 2. The molecule has 0 amide bonds. The van der Waals surface area contributed by atoms with Gasteiger partial charge in [-0.3, -0.25) is 9.97 Å². The van der Waals surface area contributed by atoms with Gasteiger partial charge in [0.2, 0.25) is 11.8 Å². The molecule has 0 fully saturated rings. The predicted molar refractivity (Wildman–Crippen MR) is 143 cm³/mol. The molecule has 36 heavy (non-hydrogen) atoms. The summed E-state index contributed by atoms with van der Waals surface area (Å²) >= 11 is 13.8. The lowest BCUT2D eigenvalue weighted by atomic mass is 9.98. The van der Waals surface area contributed by atoms with Crippen molar-refractivity contribution in [3.8, 4) is 45.4 Å². The minimum absolute atomic E-state index is 0.442. The maximum Gasteiger partial charge on any atom is 0.237 e. The lowest BCUT2D eigenvalue weighted by Crippen LogP contribution is -2.10. The Balaban J connectivity index is 1.78. The Morgan fingerprint density at radius 3 is 1.42 bits per heavy atom. The maximum absolute atomic E-state index is 6.91. The van der Waals surface area contributed by atoms with Crippen molar-refractivity contribution in [1.29, 1.82) is 0 Å². The highest BCUT2D eigenvalue weighted by Gasteiger charge is 2.18. The molecule has 0 aliphatic carbocycles. The average molecular weight is 525 g/mol. The number of rotatable bonds is 9. The summed E-state index contributed by atoms with van der Waals surface area (Å²) in [5, 5.41) is 7.12. The first-order valence-corrected chi connectivity index (χ1v) is 11.9. The van der Waals surface area contributed by atoms with E-state index < -0.39 is 0 Å². The van der Waals surface area contributed by atoms with E-state index in [1.807, 2.05) is 50.5 Å². The molecule has 2 N–H and O–H groups in total. The van der Waals surface area contributed by atoms with E-state index in [-0.39, 0.29) is 0 Å². The second-order valence-electron chi connectivity index (χ2n) is 7.82. The highest BCUT2D eigenvalue weighted by Crippen LogP contribution is 2.42. The van der Waals surface area contributed by atoms with Gasteiger partial charge in [-0.05, 0) is 14.1 Å². The minimum Gasteiger partial charge on any atom is -0.480 e. The van der Waals surface area contributed by atoms with Gasteiger partial charge in [0.05, 0.1) is 48.0 Å². The molecule has 4 rings (SSSR count). The van der Waals surface area contributed by atoms with E-state index in [9.17, 15) is 0 Å². The Morgan fingerprint density at radius 1 is 0.667 bits per heavy atom. The molecule has 0 saturated heterocycles. The van der Waals surface area contributed by atoms with Crippen LogP contribution in [-0.4, -0.2) is 48.3 Å². The molecular formula is C26H26Cl2N6O2. The number of aromatic nitrogens is 4. The monoisotopic (exact) mass is 524 g/mol. The summed E-state index contributed by atoms with van der Waals surface area (Å²) in [6, 6.07) is 11.4.